The Morgan fingerprint density at radius 3 is 2.70 bits per heavy atom. The number of hydrogen-bond donors (Lipinski definition) is 3. The zero-order chi connectivity index (χ0) is 21.3. The maximum absolute atomic E-state index is 13.3. The van der Waals surface area contributed by atoms with Gasteiger partial charge < -0.3 is 20.9 Å². The summed E-state index contributed by atoms with van der Waals surface area (Å²) < 4.78 is 0. The minimum Gasteiger partial charge on any atom is -0.343 e. The van der Waals surface area contributed by atoms with Crippen LogP contribution in [0.1, 0.15) is 38.8 Å². The van der Waals surface area contributed by atoms with Crippen LogP contribution in [0.2, 0.25) is 0 Å². The summed E-state index contributed by atoms with van der Waals surface area (Å²) >= 11 is 1.55. The molecule has 30 heavy (non-hydrogen) atoms. The molecule has 4 amide bonds. The topological polar surface area (TPSA) is 107 Å². The average Bonchev–Trinajstić information content (AvgIpc) is 3.30. The molecule has 1 saturated carbocycles. The number of hydrogen-bond acceptors (Lipinski definition) is 6. The first-order chi connectivity index (χ1) is 14.4. The van der Waals surface area contributed by atoms with E-state index in [0.29, 0.717) is 32.6 Å². The highest BCUT2D eigenvalue weighted by atomic mass is 32.1. The number of rotatable bonds is 6. The van der Waals surface area contributed by atoms with Crippen molar-refractivity contribution in [2.75, 3.05) is 19.6 Å². The van der Waals surface area contributed by atoms with Crippen LogP contribution in [0.15, 0.2) is 10.9 Å². The number of urea groups is 1. The summed E-state index contributed by atoms with van der Waals surface area (Å²) in [4.78, 5) is 46.2. The maximum atomic E-state index is 13.3. The summed E-state index contributed by atoms with van der Waals surface area (Å²) in [7, 11) is 0. The number of carbonyl (C=O) groups is 3. The predicted molar refractivity (Wildman–Crippen MR) is 113 cm³/mol. The molecule has 3 aliphatic rings. The van der Waals surface area contributed by atoms with Crippen LogP contribution in [0, 0.1) is 5.92 Å². The molecule has 4 rings (SSSR count). The van der Waals surface area contributed by atoms with E-state index in [-0.39, 0.29) is 41.9 Å². The largest absolute Gasteiger partial charge is 0.343 e. The summed E-state index contributed by atoms with van der Waals surface area (Å²) in [5.74, 6) is -0.0227. The Morgan fingerprint density at radius 1 is 1.23 bits per heavy atom. The summed E-state index contributed by atoms with van der Waals surface area (Å²) in [5, 5.41) is 10.8. The zero-order valence-electron chi connectivity index (χ0n) is 17.5. The first-order valence-corrected chi connectivity index (χ1v) is 11.6. The van der Waals surface area contributed by atoms with E-state index in [9.17, 15) is 14.4 Å². The Hall–Kier alpha value is -2.20. The van der Waals surface area contributed by atoms with Gasteiger partial charge in [-0.3, -0.25) is 14.5 Å². The summed E-state index contributed by atoms with van der Waals surface area (Å²) in [5.41, 5.74) is 2.77. The maximum Gasteiger partial charge on any atom is 0.315 e. The van der Waals surface area contributed by atoms with E-state index in [0.717, 1.165) is 18.5 Å². The number of amides is 4. The van der Waals surface area contributed by atoms with Crippen LogP contribution < -0.4 is 16.0 Å². The van der Waals surface area contributed by atoms with Crippen LogP contribution in [0.3, 0.4) is 0 Å². The summed E-state index contributed by atoms with van der Waals surface area (Å²) in [6, 6.07) is -0.822. The van der Waals surface area contributed by atoms with E-state index >= 15 is 0 Å². The monoisotopic (exact) mass is 434 g/mol. The lowest BCUT2D eigenvalue weighted by atomic mass is 10.1. The fourth-order valence-corrected chi connectivity index (χ4v) is 4.83. The van der Waals surface area contributed by atoms with E-state index in [4.69, 9.17) is 0 Å². The molecule has 164 valence electrons. The molecule has 0 radical (unpaired) electrons. The molecule has 3 N–H and O–H groups in total. The molecule has 9 nitrogen and oxygen atoms in total. The molecule has 0 spiro atoms. The average molecular weight is 435 g/mol. The number of nitrogens with zero attached hydrogens (tertiary/aromatic N) is 3. The Morgan fingerprint density at radius 2 is 2.03 bits per heavy atom. The van der Waals surface area contributed by atoms with Crippen molar-refractivity contribution in [3.8, 4) is 0 Å². The van der Waals surface area contributed by atoms with Crippen molar-refractivity contribution in [3.05, 3.63) is 16.6 Å². The lowest BCUT2D eigenvalue weighted by Gasteiger charge is -2.24. The lowest BCUT2D eigenvalue weighted by molar-refractivity contribution is -0.136. The fraction of sp³-hybridized carbons (Fsp3) is 0.700. The van der Waals surface area contributed by atoms with Crippen LogP contribution in [-0.4, -0.2) is 76.4 Å². The molecule has 1 aromatic heterocycles. The predicted octanol–water partition coefficient (Wildman–Crippen LogP) is 0.531. The molecule has 0 bridgehead atoms. The van der Waals surface area contributed by atoms with Gasteiger partial charge in [-0.1, -0.05) is 0 Å². The second-order valence-corrected chi connectivity index (χ2v) is 9.58. The first kappa shape index (κ1) is 21.0. The molecular formula is C20H30N6O3S. The van der Waals surface area contributed by atoms with Crippen molar-refractivity contribution in [2.24, 2.45) is 5.92 Å². The Balaban J connectivity index is 1.46. The van der Waals surface area contributed by atoms with E-state index in [1.54, 1.807) is 16.8 Å². The van der Waals surface area contributed by atoms with Gasteiger partial charge in [-0.05, 0) is 33.1 Å². The van der Waals surface area contributed by atoms with Gasteiger partial charge in [0.25, 0.3) is 0 Å². The second-order valence-electron chi connectivity index (χ2n) is 8.86. The molecule has 2 saturated heterocycles. The highest BCUT2D eigenvalue weighted by Crippen LogP contribution is 2.30. The van der Waals surface area contributed by atoms with Gasteiger partial charge in [0.2, 0.25) is 11.8 Å². The summed E-state index contributed by atoms with van der Waals surface area (Å²) in [6.07, 6.45) is 2.51. The second kappa shape index (κ2) is 8.89. The van der Waals surface area contributed by atoms with Gasteiger partial charge in [-0.2, -0.15) is 0 Å². The number of nitrogens with one attached hydrogen (secondary N) is 3. The van der Waals surface area contributed by atoms with Crippen molar-refractivity contribution >= 4 is 29.2 Å². The molecule has 1 aliphatic carbocycles. The number of fused-ring (bicyclic) bond motifs is 1. The van der Waals surface area contributed by atoms with Crippen molar-refractivity contribution in [1.29, 1.82) is 0 Å². The number of aromatic nitrogens is 1. The minimum absolute atomic E-state index is 0.00307. The van der Waals surface area contributed by atoms with Crippen LogP contribution in [0.5, 0.6) is 0 Å². The van der Waals surface area contributed by atoms with Gasteiger partial charge in [-0.25, -0.2) is 9.78 Å². The molecule has 3 fully saturated rings. The first-order valence-electron chi connectivity index (χ1n) is 10.7. The highest BCUT2D eigenvalue weighted by Gasteiger charge is 2.44. The molecule has 1 aromatic rings. The Bertz CT molecular complexity index is 782. The van der Waals surface area contributed by atoms with Crippen LogP contribution in [0.4, 0.5) is 4.79 Å². The van der Waals surface area contributed by atoms with Crippen LogP contribution >= 0.6 is 11.3 Å². The van der Waals surface area contributed by atoms with Crippen LogP contribution in [-0.2, 0) is 16.1 Å². The van der Waals surface area contributed by atoms with E-state index in [1.807, 2.05) is 24.1 Å². The molecule has 0 aromatic carbocycles. The molecule has 10 heteroatoms. The third kappa shape index (κ3) is 5.10. The molecular weight excluding hydrogens is 404 g/mol. The van der Waals surface area contributed by atoms with Crippen molar-refractivity contribution in [3.63, 3.8) is 0 Å². The van der Waals surface area contributed by atoms with Gasteiger partial charge >= 0.3 is 6.03 Å². The van der Waals surface area contributed by atoms with Gasteiger partial charge in [0.1, 0.15) is 6.04 Å². The molecule has 3 heterocycles. The lowest BCUT2D eigenvalue weighted by Crippen LogP contribution is -2.52. The zero-order valence-corrected chi connectivity index (χ0v) is 18.3. The molecule has 0 unspecified atom stereocenters. The van der Waals surface area contributed by atoms with Crippen LogP contribution in [0.25, 0.3) is 0 Å². The SMILES string of the molecule is CC(C)NC(=O)N[C@H]1C[C@H]2CN(Cc3cscn3)C[C@H](NC(=O)C3CC3)C(=O)N2C1. The highest BCUT2D eigenvalue weighted by molar-refractivity contribution is 7.07. The summed E-state index contributed by atoms with van der Waals surface area (Å²) in [6.45, 7) is 6.11. The third-order valence-electron chi connectivity index (χ3n) is 5.79. The molecule has 3 atom stereocenters. The van der Waals surface area contributed by atoms with Gasteiger partial charge in [-0.15, -0.1) is 11.3 Å². The van der Waals surface area contributed by atoms with E-state index < -0.39 is 6.04 Å². The normalized spacial score (nSPS) is 27.0. The smallest absolute Gasteiger partial charge is 0.315 e. The fourth-order valence-electron chi connectivity index (χ4n) is 4.28. The number of carbonyl (C=O) groups excluding carboxylic acids is 3. The van der Waals surface area contributed by atoms with Crippen molar-refractivity contribution < 1.29 is 14.4 Å². The van der Waals surface area contributed by atoms with Gasteiger partial charge in [0.15, 0.2) is 0 Å². The van der Waals surface area contributed by atoms with Gasteiger partial charge in [0, 0.05) is 49.6 Å². The van der Waals surface area contributed by atoms with E-state index in [1.165, 1.54) is 0 Å². The number of thiazole rings is 1. The van der Waals surface area contributed by atoms with Crippen molar-refractivity contribution in [2.45, 2.75) is 63.8 Å². The van der Waals surface area contributed by atoms with E-state index in [2.05, 4.69) is 25.8 Å². The third-order valence-corrected chi connectivity index (χ3v) is 6.43. The quantitative estimate of drug-likeness (QED) is 0.606. The van der Waals surface area contributed by atoms with Gasteiger partial charge in [0.05, 0.1) is 17.2 Å². The minimum atomic E-state index is -0.565. The van der Waals surface area contributed by atoms with Crippen molar-refractivity contribution in [1.82, 2.24) is 30.7 Å². The molecule has 2 aliphatic heterocycles. The standard InChI is InChI=1S/C20H30N6O3S/c1-12(2)22-20(29)23-14-5-16-8-25(6-15-10-30-11-21-15)9-17(19(28)26(16)7-14)24-18(27)13-3-4-13/h10-14,16-17H,3-9H2,1-2H3,(H,24,27)(H2,22,23,29)/t14-,16-,17-/m0/s1. The Labute approximate surface area is 180 Å². The Kier molecular flexibility index (Phi) is 6.24.